The fraction of sp³-hybridized carbons (Fsp3) is 0.182. The zero-order chi connectivity index (χ0) is 11.3. The van der Waals surface area contributed by atoms with Gasteiger partial charge < -0.3 is 5.11 Å². The number of rotatable bonds is 4. The molecule has 1 N–H and O–H groups in total. The molecule has 0 saturated carbocycles. The Balaban J connectivity index is 2.93. The number of hydrogen-bond donors (Lipinski definition) is 1. The van der Waals surface area contributed by atoms with E-state index in [1.165, 1.54) is 12.1 Å². The van der Waals surface area contributed by atoms with Crippen LogP contribution in [-0.2, 0) is 0 Å². The van der Waals surface area contributed by atoms with E-state index >= 15 is 0 Å². The first kappa shape index (κ1) is 11.9. The number of alkyl halides is 1. The Morgan fingerprint density at radius 2 is 2.20 bits per heavy atom. The molecule has 0 bridgehead atoms. The van der Waals surface area contributed by atoms with Gasteiger partial charge in [-0.2, -0.15) is 0 Å². The van der Waals surface area contributed by atoms with Crippen LogP contribution in [0.4, 0.5) is 4.39 Å². The van der Waals surface area contributed by atoms with Crippen molar-refractivity contribution in [3.63, 3.8) is 0 Å². The lowest BCUT2D eigenvalue weighted by atomic mass is 10.1. The summed E-state index contributed by atoms with van der Waals surface area (Å²) in [4.78, 5) is 10.6. The van der Waals surface area contributed by atoms with E-state index in [1.54, 1.807) is 6.08 Å². The van der Waals surface area contributed by atoms with Gasteiger partial charge in [-0.15, -0.1) is 0 Å². The van der Waals surface area contributed by atoms with Gasteiger partial charge >= 0.3 is 5.97 Å². The number of hydrogen-bond acceptors (Lipinski definition) is 1. The molecule has 15 heavy (non-hydrogen) atoms. The van der Waals surface area contributed by atoms with Gasteiger partial charge in [-0.1, -0.05) is 28.1 Å². The maximum absolute atomic E-state index is 13.0. The monoisotopic (exact) mass is 272 g/mol. The van der Waals surface area contributed by atoms with Crippen LogP contribution >= 0.6 is 15.9 Å². The van der Waals surface area contributed by atoms with E-state index in [-0.39, 0.29) is 5.56 Å². The summed E-state index contributed by atoms with van der Waals surface area (Å²) < 4.78 is 13.0. The van der Waals surface area contributed by atoms with Gasteiger partial charge in [-0.25, -0.2) is 9.18 Å². The predicted octanol–water partition coefficient (Wildman–Crippen LogP) is 3.32. The molecule has 0 unspecified atom stereocenters. The summed E-state index contributed by atoms with van der Waals surface area (Å²) in [5.74, 6) is -1.65. The molecule has 0 aromatic heterocycles. The molecule has 2 nitrogen and oxygen atoms in total. The minimum Gasteiger partial charge on any atom is -0.478 e. The lowest BCUT2D eigenvalue weighted by Gasteiger charge is -1.98. The van der Waals surface area contributed by atoms with E-state index in [9.17, 15) is 9.18 Å². The highest BCUT2D eigenvalue weighted by Crippen LogP contribution is 2.11. The second-order valence-corrected chi connectivity index (χ2v) is 3.75. The molecule has 0 aliphatic carbocycles. The number of halogens is 2. The third-order valence-electron chi connectivity index (χ3n) is 1.75. The summed E-state index contributed by atoms with van der Waals surface area (Å²) in [6.07, 6.45) is 4.38. The van der Waals surface area contributed by atoms with Gasteiger partial charge in [-0.3, -0.25) is 0 Å². The molecule has 1 rings (SSSR count). The van der Waals surface area contributed by atoms with Crippen LogP contribution in [0.3, 0.4) is 0 Å². The molecule has 0 spiro atoms. The van der Waals surface area contributed by atoms with Gasteiger partial charge in [0.25, 0.3) is 0 Å². The molecule has 1 aromatic carbocycles. The van der Waals surface area contributed by atoms with Gasteiger partial charge in [0.1, 0.15) is 5.82 Å². The lowest BCUT2D eigenvalue weighted by molar-refractivity contribution is 0.0696. The molecular weight excluding hydrogens is 263 g/mol. The van der Waals surface area contributed by atoms with Crippen molar-refractivity contribution in [2.75, 3.05) is 5.33 Å². The van der Waals surface area contributed by atoms with Crippen molar-refractivity contribution >= 4 is 28.0 Å². The van der Waals surface area contributed by atoms with Crippen LogP contribution in [0, 0.1) is 5.82 Å². The molecule has 4 heteroatoms. The first-order valence-corrected chi connectivity index (χ1v) is 5.52. The van der Waals surface area contributed by atoms with E-state index in [2.05, 4.69) is 15.9 Å². The van der Waals surface area contributed by atoms with Crippen molar-refractivity contribution in [1.29, 1.82) is 0 Å². The van der Waals surface area contributed by atoms with Crippen LogP contribution in [0.15, 0.2) is 24.3 Å². The second kappa shape index (κ2) is 5.66. The van der Waals surface area contributed by atoms with Crippen LogP contribution in [0.5, 0.6) is 0 Å². The largest absolute Gasteiger partial charge is 0.478 e. The number of carboxylic acids is 1. The summed E-state index contributed by atoms with van der Waals surface area (Å²) in [5, 5.41) is 9.53. The minimum absolute atomic E-state index is 0.0338. The fourth-order valence-corrected chi connectivity index (χ4v) is 1.38. The highest BCUT2D eigenvalue weighted by Gasteiger charge is 2.05. The predicted molar refractivity (Wildman–Crippen MR) is 60.8 cm³/mol. The van der Waals surface area contributed by atoms with Gasteiger partial charge in [0.05, 0.1) is 5.56 Å². The van der Waals surface area contributed by atoms with E-state index in [4.69, 9.17) is 5.11 Å². The Morgan fingerprint density at radius 1 is 1.47 bits per heavy atom. The Bertz CT molecular complexity index is 388. The summed E-state index contributed by atoms with van der Waals surface area (Å²) in [7, 11) is 0. The quantitative estimate of drug-likeness (QED) is 0.854. The summed E-state index contributed by atoms with van der Waals surface area (Å²) >= 11 is 3.26. The molecule has 0 atom stereocenters. The summed E-state index contributed by atoms with van der Waals surface area (Å²) in [5.41, 5.74) is 0.529. The van der Waals surface area contributed by atoms with E-state index in [0.717, 1.165) is 17.8 Å². The standard InChI is InChI=1S/C11H10BrFO2/c12-4-2-1-3-8-5-9(11(14)15)7-10(13)6-8/h1,3,5-7H,2,4H2,(H,14,15). The van der Waals surface area contributed by atoms with Gasteiger partial charge in [0, 0.05) is 5.33 Å². The minimum atomic E-state index is -1.12. The molecule has 0 saturated heterocycles. The van der Waals surface area contributed by atoms with Crippen molar-refractivity contribution in [2.24, 2.45) is 0 Å². The Morgan fingerprint density at radius 3 is 2.80 bits per heavy atom. The van der Waals surface area contributed by atoms with Gasteiger partial charge in [-0.05, 0) is 30.2 Å². The van der Waals surface area contributed by atoms with Crippen molar-refractivity contribution in [2.45, 2.75) is 6.42 Å². The number of carboxylic acid groups (broad SMARTS) is 1. The zero-order valence-electron chi connectivity index (χ0n) is 7.91. The molecule has 0 aliphatic heterocycles. The number of carbonyl (C=O) groups is 1. The first-order valence-electron chi connectivity index (χ1n) is 4.40. The van der Waals surface area contributed by atoms with Crippen LogP contribution in [0.2, 0.25) is 0 Å². The second-order valence-electron chi connectivity index (χ2n) is 2.96. The van der Waals surface area contributed by atoms with Crippen LogP contribution in [0.1, 0.15) is 22.3 Å². The van der Waals surface area contributed by atoms with Crippen LogP contribution in [0.25, 0.3) is 6.08 Å². The first-order chi connectivity index (χ1) is 7.13. The average Bonchev–Trinajstić information content (AvgIpc) is 2.17. The average molecular weight is 273 g/mol. The smallest absolute Gasteiger partial charge is 0.335 e. The van der Waals surface area contributed by atoms with Crippen molar-refractivity contribution in [3.8, 4) is 0 Å². The van der Waals surface area contributed by atoms with Crippen molar-refractivity contribution in [1.82, 2.24) is 0 Å². The summed E-state index contributed by atoms with van der Waals surface area (Å²) in [6, 6.07) is 3.75. The third-order valence-corrected chi connectivity index (χ3v) is 2.21. The van der Waals surface area contributed by atoms with E-state index < -0.39 is 11.8 Å². The van der Waals surface area contributed by atoms with Crippen LogP contribution < -0.4 is 0 Å². The molecule has 0 radical (unpaired) electrons. The third kappa shape index (κ3) is 3.83. The maximum atomic E-state index is 13.0. The molecule has 0 aliphatic rings. The molecule has 80 valence electrons. The van der Waals surface area contributed by atoms with Crippen molar-refractivity contribution < 1.29 is 14.3 Å². The number of allylic oxidation sites excluding steroid dienone is 1. The molecular formula is C11H10BrFO2. The van der Waals surface area contributed by atoms with E-state index in [0.29, 0.717) is 5.56 Å². The topological polar surface area (TPSA) is 37.3 Å². The number of benzene rings is 1. The van der Waals surface area contributed by atoms with Gasteiger partial charge in [0.15, 0.2) is 0 Å². The fourth-order valence-electron chi connectivity index (χ4n) is 1.11. The Hall–Kier alpha value is -1.16. The highest BCUT2D eigenvalue weighted by molar-refractivity contribution is 9.09. The molecule has 0 fully saturated rings. The normalized spacial score (nSPS) is 10.8. The van der Waals surface area contributed by atoms with Gasteiger partial charge in [0.2, 0.25) is 0 Å². The molecule has 0 heterocycles. The Labute approximate surface area is 95.6 Å². The number of aromatic carboxylic acids is 1. The lowest BCUT2D eigenvalue weighted by Crippen LogP contribution is -1.97. The van der Waals surface area contributed by atoms with Crippen LogP contribution in [-0.4, -0.2) is 16.4 Å². The van der Waals surface area contributed by atoms with Crippen molar-refractivity contribution in [3.05, 3.63) is 41.2 Å². The Kier molecular flexibility index (Phi) is 4.49. The molecule has 0 amide bonds. The SMILES string of the molecule is O=C(O)c1cc(F)cc(C=CCCBr)c1. The van der Waals surface area contributed by atoms with E-state index in [1.807, 2.05) is 6.08 Å². The summed E-state index contributed by atoms with van der Waals surface area (Å²) in [6.45, 7) is 0. The maximum Gasteiger partial charge on any atom is 0.335 e. The molecule has 1 aromatic rings. The zero-order valence-corrected chi connectivity index (χ0v) is 9.50. The highest BCUT2D eigenvalue weighted by atomic mass is 79.9.